The predicted octanol–water partition coefficient (Wildman–Crippen LogP) is 4.83. The first kappa shape index (κ1) is 25.0. The van der Waals surface area contributed by atoms with Crippen LogP contribution in [0.25, 0.3) is 18.2 Å². The number of hydrogen-bond donors (Lipinski definition) is 3. The number of nitrogens with two attached hydrogens (primary N) is 1. The van der Waals surface area contributed by atoms with Crippen LogP contribution in [0.15, 0.2) is 54.6 Å². The summed E-state index contributed by atoms with van der Waals surface area (Å²) in [5.41, 5.74) is 8.89. The van der Waals surface area contributed by atoms with Crippen LogP contribution in [0.1, 0.15) is 16.7 Å². The van der Waals surface area contributed by atoms with Crippen molar-refractivity contribution in [3.8, 4) is 28.7 Å². The third-order valence-corrected chi connectivity index (χ3v) is 5.17. The number of benzene rings is 3. The van der Waals surface area contributed by atoms with Crippen molar-refractivity contribution in [2.45, 2.75) is 0 Å². The first-order valence-electron chi connectivity index (χ1n) is 10.6. The number of methoxy groups -OCH3 is 4. The van der Waals surface area contributed by atoms with Gasteiger partial charge in [0.2, 0.25) is 11.7 Å². The number of carbonyl (C=O) groups is 1. The molecule has 0 aromatic heterocycles. The van der Waals surface area contributed by atoms with Crippen molar-refractivity contribution < 1.29 is 28.8 Å². The smallest absolute Gasteiger partial charge is 0.248 e. The number of para-hydroxylation sites is 1. The van der Waals surface area contributed by atoms with Crippen LogP contribution in [-0.4, -0.2) is 39.5 Å². The molecule has 0 aliphatic rings. The van der Waals surface area contributed by atoms with Crippen LogP contribution in [-0.2, 0) is 4.79 Å². The number of carbonyl (C=O) groups excluding carboxylic acids is 1. The molecule has 0 radical (unpaired) electrons. The summed E-state index contributed by atoms with van der Waals surface area (Å²) in [6.45, 7) is 0. The Labute approximate surface area is 204 Å². The number of hydrogen-bond acceptors (Lipinski definition) is 7. The summed E-state index contributed by atoms with van der Waals surface area (Å²) in [6, 6.07) is 13.9. The molecule has 3 aromatic carbocycles. The Morgan fingerprint density at radius 3 is 2.09 bits per heavy atom. The average Bonchev–Trinajstić information content (AvgIpc) is 2.87. The topological polar surface area (TPSA) is 112 Å². The van der Waals surface area contributed by atoms with Gasteiger partial charge in [0.15, 0.2) is 23.0 Å². The Morgan fingerprint density at radius 2 is 1.49 bits per heavy atom. The maximum absolute atomic E-state index is 12.7. The minimum atomic E-state index is -0.417. The van der Waals surface area contributed by atoms with Crippen molar-refractivity contribution in [3.63, 3.8) is 0 Å². The Kier molecular flexibility index (Phi) is 8.24. The molecule has 3 aromatic rings. The molecule has 0 spiro atoms. The normalized spacial score (nSPS) is 11.0. The van der Waals surface area contributed by atoms with E-state index < -0.39 is 5.91 Å². The molecule has 8 nitrogen and oxygen atoms in total. The summed E-state index contributed by atoms with van der Waals surface area (Å²) in [5, 5.41) is 13.1. The molecule has 0 unspecified atom stereocenters. The van der Waals surface area contributed by atoms with Crippen LogP contribution in [0, 0.1) is 0 Å². The van der Waals surface area contributed by atoms with Crippen LogP contribution in [0.5, 0.6) is 28.7 Å². The Balaban J connectivity index is 1.95. The minimum Gasteiger partial charge on any atom is -0.504 e. The van der Waals surface area contributed by atoms with Gasteiger partial charge in [-0.05, 0) is 47.5 Å². The number of nitrogen functional groups attached to an aromatic ring is 1. The molecule has 8 heteroatoms. The van der Waals surface area contributed by atoms with Crippen LogP contribution in [0.2, 0.25) is 0 Å². The van der Waals surface area contributed by atoms with Crippen molar-refractivity contribution in [2.24, 2.45) is 0 Å². The van der Waals surface area contributed by atoms with E-state index in [4.69, 9.17) is 24.7 Å². The van der Waals surface area contributed by atoms with Crippen LogP contribution in [0.3, 0.4) is 0 Å². The van der Waals surface area contributed by atoms with Gasteiger partial charge in [-0.1, -0.05) is 30.4 Å². The Hall–Kier alpha value is -4.59. The SMILES string of the molecule is COc1cc(C=Cc2ccc(O)c(OC)c2NC(=O)/C=C/c2ccccc2N)cc(OC)c1OC. The van der Waals surface area contributed by atoms with E-state index in [0.29, 0.717) is 39.8 Å². The Bertz CT molecular complexity index is 1240. The fourth-order valence-corrected chi connectivity index (χ4v) is 3.44. The molecule has 0 saturated carbocycles. The van der Waals surface area contributed by atoms with E-state index in [1.54, 1.807) is 56.7 Å². The zero-order valence-corrected chi connectivity index (χ0v) is 20.0. The fraction of sp³-hybridized carbons (Fsp3) is 0.148. The molecule has 3 rings (SSSR count). The van der Waals surface area contributed by atoms with Gasteiger partial charge in [-0.25, -0.2) is 0 Å². The first-order valence-corrected chi connectivity index (χ1v) is 10.6. The Morgan fingerprint density at radius 1 is 0.829 bits per heavy atom. The number of aromatic hydroxyl groups is 1. The molecule has 0 aliphatic carbocycles. The summed E-state index contributed by atoms with van der Waals surface area (Å²) in [4.78, 5) is 12.7. The molecule has 182 valence electrons. The lowest BCUT2D eigenvalue weighted by atomic mass is 10.1. The maximum atomic E-state index is 12.7. The van der Waals surface area contributed by atoms with Crippen LogP contribution < -0.4 is 30.0 Å². The predicted molar refractivity (Wildman–Crippen MR) is 138 cm³/mol. The number of rotatable bonds is 9. The van der Waals surface area contributed by atoms with Gasteiger partial charge in [0.05, 0.1) is 34.1 Å². The lowest BCUT2D eigenvalue weighted by Gasteiger charge is -2.14. The third kappa shape index (κ3) is 5.86. The molecule has 0 heterocycles. The lowest BCUT2D eigenvalue weighted by molar-refractivity contribution is -0.111. The van der Waals surface area contributed by atoms with E-state index in [-0.39, 0.29) is 11.5 Å². The molecule has 0 saturated heterocycles. The van der Waals surface area contributed by atoms with Gasteiger partial charge in [-0.15, -0.1) is 0 Å². The second-order valence-electron chi connectivity index (χ2n) is 7.33. The molecule has 0 fully saturated rings. The summed E-state index contributed by atoms with van der Waals surface area (Å²) in [5.74, 6) is 1.11. The number of ether oxygens (including phenoxy) is 4. The second-order valence-corrected chi connectivity index (χ2v) is 7.33. The van der Waals surface area contributed by atoms with E-state index >= 15 is 0 Å². The van der Waals surface area contributed by atoms with E-state index in [0.717, 1.165) is 5.56 Å². The van der Waals surface area contributed by atoms with Gasteiger partial charge in [-0.3, -0.25) is 4.79 Å². The monoisotopic (exact) mass is 476 g/mol. The molecule has 4 N–H and O–H groups in total. The summed E-state index contributed by atoms with van der Waals surface area (Å²) in [6.07, 6.45) is 6.57. The van der Waals surface area contributed by atoms with Gasteiger partial charge < -0.3 is 35.1 Å². The van der Waals surface area contributed by atoms with Crippen LogP contribution >= 0.6 is 0 Å². The molecule has 0 bridgehead atoms. The van der Waals surface area contributed by atoms with E-state index in [1.165, 1.54) is 26.4 Å². The molecular weight excluding hydrogens is 448 g/mol. The van der Waals surface area contributed by atoms with Gasteiger partial charge in [-0.2, -0.15) is 0 Å². The number of phenols is 1. The lowest BCUT2D eigenvalue weighted by Crippen LogP contribution is -2.10. The molecular formula is C27H28N2O6. The molecule has 0 aliphatic heterocycles. The van der Waals surface area contributed by atoms with Crippen molar-refractivity contribution in [1.82, 2.24) is 0 Å². The van der Waals surface area contributed by atoms with Crippen molar-refractivity contribution in [3.05, 3.63) is 71.3 Å². The molecule has 0 atom stereocenters. The summed E-state index contributed by atoms with van der Waals surface area (Å²) >= 11 is 0. The van der Waals surface area contributed by atoms with Gasteiger partial charge in [0.25, 0.3) is 0 Å². The number of nitrogens with one attached hydrogen (secondary N) is 1. The second kappa shape index (κ2) is 11.5. The third-order valence-electron chi connectivity index (χ3n) is 5.17. The molecule has 1 amide bonds. The van der Waals surface area contributed by atoms with Gasteiger partial charge in [0.1, 0.15) is 0 Å². The van der Waals surface area contributed by atoms with Crippen molar-refractivity contribution in [2.75, 3.05) is 39.5 Å². The highest BCUT2D eigenvalue weighted by atomic mass is 16.5. The summed E-state index contributed by atoms with van der Waals surface area (Å²) < 4.78 is 21.5. The van der Waals surface area contributed by atoms with E-state index in [9.17, 15) is 9.90 Å². The largest absolute Gasteiger partial charge is 0.504 e. The van der Waals surface area contributed by atoms with Gasteiger partial charge in [0, 0.05) is 17.3 Å². The zero-order chi connectivity index (χ0) is 25.4. The number of anilines is 2. The zero-order valence-electron chi connectivity index (χ0n) is 20.0. The average molecular weight is 477 g/mol. The first-order chi connectivity index (χ1) is 16.9. The van der Waals surface area contributed by atoms with Crippen molar-refractivity contribution in [1.29, 1.82) is 0 Å². The highest BCUT2D eigenvalue weighted by Gasteiger charge is 2.15. The maximum Gasteiger partial charge on any atom is 0.248 e. The van der Waals surface area contributed by atoms with Gasteiger partial charge >= 0.3 is 0 Å². The summed E-state index contributed by atoms with van der Waals surface area (Å²) in [7, 11) is 6.03. The number of amides is 1. The quantitative estimate of drug-likeness (QED) is 0.230. The molecule has 35 heavy (non-hydrogen) atoms. The fourth-order valence-electron chi connectivity index (χ4n) is 3.44. The van der Waals surface area contributed by atoms with Crippen molar-refractivity contribution >= 4 is 35.5 Å². The van der Waals surface area contributed by atoms with E-state index in [1.807, 2.05) is 18.2 Å². The minimum absolute atomic E-state index is 0.107. The number of phenolic OH excluding ortho intramolecular Hbond substituents is 1. The highest BCUT2D eigenvalue weighted by Crippen LogP contribution is 2.40. The standard InChI is InChI=1S/C27H28N2O6/c1-32-22-15-17(16-23(33-2)27(22)35-4)9-10-19-11-13-21(30)26(34-3)25(19)29-24(31)14-12-18-7-5-6-8-20(18)28/h5-16,30H,28H2,1-4H3,(H,29,31)/b10-9?,14-12+. The van der Waals surface area contributed by atoms with Crippen LogP contribution in [0.4, 0.5) is 11.4 Å². The highest BCUT2D eigenvalue weighted by molar-refractivity contribution is 6.05. The van der Waals surface area contributed by atoms with E-state index in [2.05, 4.69) is 5.32 Å².